The number of ether oxygens (including phenoxy) is 1. The first-order valence-electron chi connectivity index (χ1n) is 7.91. The van der Waals surface area contributed by atoms with Crippen LogP contribution in [0.2, 0.25) is 0 Å². The lowest BCUT2D eigenvalue weighted by atomic mass is 10.0. The molecule has 0 spiro atoms. The van der Waals surface area contributed by atoms with Gasteiger partial charge in [0, 0.05) is 11.8 Å². The molecule has 0 aliphatic heterocycles. The quantitative estimate of drug-likeness (QED) is 0.255. The van der Waals surface area contributed by atoms with Crippen molar-refractivity contribution >= 4 is 17.6 Å². The Bertz CT molecular complexity index is 207. The minimum atomic E-state index is -0.102. The maximum absolute atomic E-state index is 10.9. The van der Waals surface area contributed by atoms with Gasteiger partial charge in [0.05, 0.1) is 7.11 Å². The van der Waals surface area contributed by atoms with E-state index in [0.29, 0.717) is 11.8 Å². The summed E-state index contributed by atoms with van der Waals surface area (Å²) in [7, 11) is 1.44. The molecule has 19 heavy (non-hydrogen) atoms. The molecule has 0 aromatic carbocycles. The Hall–Kier alpha value is -0.240. The summed E-state index contributed by atoms with van der Waals surface area (Å²) in [6, 6.07) is 0. The fourth-order valence-electron chi connectivity index (χ4n) is 2.20. The number of carbonyl (C=O) groups is 1. The van der Waals surface area contributed by atoms with E-state index in [2.05, 4.69) is 11.7 Å². The van der Waals surface area contributed by atoms with E-state index in [0.717, 1.165) is 32.1 Å². The van der Waals surface area contributed by atoms with Crippen LogP contribution < -0.4 is 0 Å². The molecule has 0 N–H and O–H groups in total. The summed E-state index contributed by atoms with van der Waals surface area (Å²) in [6.07, 6.45) is 13.9. The highest BCUT2D eigenvalue weighted by molar-refractivity contribution is 6.20. The molecule has 0 aromatic rings. The van der Waals surface area contributed by atoms with Crippen LogP contribution in [-0.4, -0.2) is 18.5 Å². The molecule has 0 fully saturated rings. The number of hydrogen-bond donors (Lipinski definition) is 0. The lowest BCUT2D eigenvalue weighted by molar-refractivity contribution is -0.140. The highest BCUT2D eigenvalue weighted by atomic mass is 35.5. The minimum absolute atomic E-state index is 0.102. The number of esters is 1. The molecule has 0 saturated heterocycles. The molecule has 114 valence electrons. The number of halogens is 1. The van der Waals surface area contributed by atoms with E-state index in [4.69, 9.17) is 11.6 Å². The zero-order valence-corrected chi connectivity index (χ0v) is 13.5. The van der Waals surface area contributed by atoms with Gasteiger partial charge >= 0.3 is 5.97 Å². The van der Waals surface area contributed by atoms with Gasteiger partial charge in [-0.2, -0.15) is 0 Å². The van der Waals surface area contributed by atoms with Gasteiger partial charge in [-0.25, -0.2) is 0 Å². The van der Waals surface area contributed by atoms with E-state index >= 15 is 0 Å². The van der Waals surface area contributed by atoms with Gasteiger partial charge in [-0.05, 0) is 19.3 Å². The van der Waals surface area contributed by atoms with Crippen molar-refractivity contribution in [2.75, 3.05) is 7.11 Å². The van der Waals surface area contributed by atoms with E-state index in [1.807, 2.05) is 0 Å². The number of rotatable bonds is 13. The molecule has 0 aromatic heterocycles. The lowest BCUT2D eigenvalue weighted by Gasteiger charge is -2.09. The first-order valence-corrected chi connectivity index (χ1v) is 8.35. The van der Waals surface area contributed by atoms with Gasteiger partial charge in [0.25, 0.3) is 0 Å². The zero-order chi connectivity index (χ0) is 14.3. The highest BCUT2D eigenvalue weighted by Gasteiger charge is 2.05. The Balaban J connectivity index is 3.21. The van der Waals surface area contributed by atoms with Crippen LogP contribution in [0.1, 0.15) is 84.0 Å². The second-order valence-corrected chi connectivity index (χ2v) is 5.95. The van der Waals surface area contributed by atoms with Crippen LogP contribution in [0.3, 0.4) is 0 Å². The van der Waals surface area contributed by atoms with Crippen LogP contribution >= 0.6 is 11.6 Å². The van der Waals surface area contributed by atoms with Gasteiger partial charge < -0.3 is 4.74 Å². The molecule has 0 heterocycles. The third-order valence-electron chi connectivity index (χ3n) is 3.50. The van der Waals surface area contributed by atoms with E-state index in [1.54, 1.807) is 0 Å². The SMILES string of the molecule is CCCCCCCCC(Cl)CCCCCC(=O)OC. The van der Waals surface area contributed by atoms with Gasteiger partial charge in [-0.15, -0.1) is 11.6 Å². The lowest BCUT2D eigenvalue weighted by Crippen LogP contribution is -2.01. The standard InChI is InChI=1S/C16H31ClO2/c1-3-4-5-6-7-9-12-15(17)13-10-8-11-14-16(18)19-2/h15H,3-14H2,1-2H3. The first kappa shape index (κ1) is 18.8. The number of carbonyl (C=O) groups excluding carboxylic acids is 1. The molecule has 0 amide bonds. The van der Waals surface area contributed by atoms with E-state index < -0.39 is 0 Å². The predicted octanol–water partition coefficient (Wildman–Crippen LogP) is 5.47. The number of alkyl halides is 1. The molecular formula is C16H31ClO2. The number of unbranched alkanes of at least 4 members (excludes halogenated alkanes) is 7. The van der Waals surface area contributed by atoms with Crippen molar-refractivity contribution in [2.45, 2.75) is 89.4 Å². The molecule has 2 nitrogen and oxygen atoms in total. The molecule has 0 saturated carbocycles. The predicted molar refractivity (Wildman–Crippen MR) is 82.7 cm³/mol. The topological polar surface area (TPSA) is 26.3 Å². The van der Waals surface area contributed by atoms with Crippen LogP contribution in [0.4, 0.5) is 0 Å². The normalized spacial score (nSPS) is 12.4. The second-order valence-electron chi connectivity index (χ2n) is 5.33. The summed E-state index contributed by atoms with van der Waals surface area (Å²) in [6.45, 7) is 2.25. The van der Waals surface area contributed by atoms with Crippen LogP contribution in [0.15, 0.2) is 0 Å². The average Bonchev–Trinajstić information content (AvgIpc) is 2.42. The molecule has 1 atom stereocenters. The number of hydrogen-bond acceptors (Lipinski definition) is 2. The highest BCUT2D eigenvalue weighted by Crippen LogP contribution is 2.17. The Labute approximate surface area is 124 Å². The third-order valence-corrected chi connectivity index (χ3v) is 3.93. The monoisotopic (exact) mass is 290 g/mol. The molecule has 1 unspecified atom stereocenters. The summed E-state index contributed by atoms with van der Waals surface area (Å²) in [5, 5.41) is 0.323. The van der Waals surface area contributed by atoms with Crippen LogP contribution in [0, 0.1) is 0 Å². The molecule has 0 aliphatic rings. The van der Waals surface area contributed by atoms with Crippen molar-refractivity contribution in [1.82, 2.24) is 0 Å². The van der Waals surface area contributed by atoms with E-state index in [1.165, 1.54) is 45.6 Å². The second kappa shape index (κ2) is 14.2. The maximum Gasteiger partial charge on any atom is 0.305 e. The van der Waals surface area contributed by atoms with Crippen LogP contribution in [-0.2, 0) is 9.53 Å². The van der Waals surface area contributed by atoms with Crippen molar-refractivity contribution < 1.29 is 9.53 Å². The largest absolute Gasteiger partial charge is 0.469 e. The van der Waals surface area contributed by atoms with Crippen LogP contribution in [0.5, 0.6) is 0 Å². The fraction of sp³-hybridized carbons (Fsp3) is 0.938. The Kier molecular flexibility index (Phi) is 14.0. The third kappa shape index (κ3) is 14.0. The summed E-state index contributed by atoms with van der Waals surface area (Å²) in [5.74, 6) is -0.102. The zero-order valence-electron chi connectivity index (χ0n) is 12.8. The maximum atomic E-state index is 10.9. The van der Waals surface area contributed by atoms with Crippen LogP contribution in [0.25, 0.3) is 0 Å². The summed E-state index contributed by atoms with van der Waals surface area (Å²) >= 11 is 6.30. The Morgan fingerprint density at radius 3 is 2.05 bits per heavy atom. The van der Waals surface area contributed by atoms with Crippen molar-refractivity contribution in [1.29, 1.82) is 0 Å². The first-order chi connectivity index (χ1) is 9.20. The molecular weight excluding hydrogens is 260 g/mol. The molecule has 0 aliphatic carbocycles. The fourth-order valence-corrected chi connectivity index (χ4v) is 2.51. The van der Waals surface area contributed by atoms with E-state index in [9.17, 15) is 4.79 Å². The van der Waals surface area contributed by atoms with Gasteiger partial charge in [0.15, 0.2) is 0 Å². The molecule has 0 radical (unpaired) electrons. The van der Waals surface area contributed by atoms with E-state index in [-0.39, 0.29) is 5.97 Å². The molecule has 0 bridgehead atoms. The Morgan fingerprint density at radius 1 is 0.947 bits per heavy atom. The van der Waals surface area contributed by atoms with Gasteiger partial charge in [-0.3, -0.25) is 4.79 Å². The minimum Gasteiger partial charge on any atom is -0.469 e. The van der Waals surface area contributed by atoms with Crippen molar-refractivity contribution in [2.24, 2.45) is 0 Å². The average molecular weight is 291 g/mol. The summed E-state index contributed by atoms with van der Waals surface area (Å²) < 4.78 is 4.61. The molecule has 3 heteroatoms. The molecule has 0 rings (SSSR count). The smallest absolute Gasteiger partial charge is 0.305 e. The van der Waals surface area contributed by atoms with Gasteiger partial charge in [0.1, 0.15) is 0 Å². The van der Waals surface area contributed by atoms with Crippen molar-refractivity contribution in [3.63, 3.8) is 0 Å². The Morgan fingerprint density at radius 2 is 1.47 bits per heavy atom. The number of methoxy groups -OCH3 is 1. The van der Waals surface area contributed by atoms with Crippen molar-refractivity contribution in [3.8, 4) is 0 Å². The van der Waals surface area contributed by atoms with Crippen molar-refractivity contribution in [3.05, 3.63) is 0 Å². The van der Waals surface area contributed by atoms with Gasteiger partial charge in [0.2, 0.25) is 0 Å². The summed E-state index contributed by atoms with van der Waals surface area (Å²) in [5.41, 5.74) is 0. The summed E-state index contributed by atoms with van der Waals surface area (Å²) in [4.78, 5) is 10.9. The van der Waals surface area contributed by atoms with Gasteiger partial charge in [-0.1, -0.05) is 58.3 Å².